The molecule has 35 heavy (non-hydrogen) atoms. The molecule has 0 aliphatic carbocycles. The SMILES string of the molecule is COc1ccc2ccccc2c1-c1cc(C(=O)NN=Cc2cccc(Oc3ccccc3)c2)[nH]n1. The summed E-state index contributed by atoms with van der Waals surface area (Å²) in [5, 5.41) is 13.3. The van der Waals surface area contributed by atoms with E-state index in [9.17, 15) is 4.79 Å². The normalized spacial score (nSPS) is 11.0. The molecule has 7 heteroatoms. The summed E-state index contributed by atoms with van der Waals surface area (Å²) in [4.78, 5) is 12.7. The number of ether oxygens (including phenoxy) is 2. The van der Waals surface area contributed by atoms with Crippen LogP contribution in [-0.4, -0.2) is 29.4 Å². The maximum Gasteiger partial charge on any atom is 0.289 e. The van der Waals surface area contributed by atoms with E-state index in [1.807, 2.05) is 91.0 Å². The van der Waals surface area contributed by atoms with Gasteiger partial charge in [-0.05, 0) is 52.7 Å². The van der Waals surface area contributed by atoms with Gasteiger partial charge >= 0.3 is 0 Å². The van der Waals surface area contributed by atoms with Gasteiger partial charge < -0.3 is 9.47 Å². The van der Waals surface area contributed by atoms with Crippen LogP contribution < -0.4 is 14.9 Å². The predicted octanol–water partition coefficient (Wildman–Crippen LogP) is 5.79. The van der Waals surface area contributed by atoms with E-state index in [1.165, 1.54) is 0 Å². The number of carbonyl (C=O) groups is 1. The molecule has 0 atom stereocenters. The van der Waals surface area contributed by atoms with Crippen LogP contribution in [0, 0.1) is 0 Å². The van der Waals surface area contributed by atoms with Crippen LogP contribution >= 0.6 is 0 Å². The number of nitrogens with one attached hydrogen (secondary N) is 2. The number of fused-ring (bicyclic) bond motifs is 1. The molecule has 0 saturated carbocycles. The third kappa shape index (κ3) is 4.89. The number of H-pyrrole nitrogens is 1. The lowest BCUT2D eigenvalue weighted by Crippen LogP contribution is -2.18. The lowest BCUT2D eigenvalue weighted by atomic mass is 10.0. The highest BCUT2D eigenvalue weighted by Crippen LogP contribution is 2.36. The summed E-state index contributed by atoms with van der Waals surface area (Å²) in [6, 6.07) is 30.5. The molecule has 1 heterocycles. The van der Waals surface area contributed by atoms with Crippen molar-refractivity contribution in [2.45, 2.75) is 0 Å². The fourth-order valence-electron chi connectivity index (χ4n) is 3.76. The van der Waals surface area contributed by atoms with Crippen molar-refractivity contribution in [3.05, 3.63) is 108 Å². The Bertz CT molecular complexity index is 1510. The number of hydrogen-bond acceptors (Lipinski definition) is 5. The number of methoxy groups -OCH3 is 1. The molecule has 0 spiro atoms. The average molecular weight is 463 g/mol. The highest BCUT2D eigenvalue weighted by Gasteiger charge is 2.16. The van der Waals surface area contributed by atoms with Gasteiger partial charge in [0.05, 0.1) is 24.6 Å². The van der Waals surface area contributed by atoms with Crippen molar-refractivity contribution in [2.75, 3.05) is 7.11 Å². The number of carbonyl (C=O) groups excluding carboxylic acids is 1. The first-order chi connectivity index (χ1) is 17.2. The first-order valence-electron chi connectivity index (χ1n) is 11.0. The van der Waals surface area contributed by atoms with Gasteiger partial charge in [0.15, 0.2) is 0 Å². The fourth-order valence-corrected chi connectivity index (χ4v) is 3.76. The van der Waals surface area contributed by atoms with Crippen molar-refractivity contribution < 1.29 is 14.3 Å². The van der Waals surface area contributed by atoms with E-state index in [0.29, 0.717) is 17.2 Å². The first-order valence-corrected chi connectivity index (χ1v) is 11.0. The summed E-state index contributed by atoms with van der Waals surface area (Å²) in [5.41, 5.74) is 5.03. The van der Waals surface area contributed by atoms with Crippen molar-refractivity contribution in [1.29, 1.82) is 0 Å². The second-order valence-corrected chi connectivity index (χ2v) is 7.72. The largest absolute Gasteiger partial charge is 0.496 e. The van der Waals surface area contributed by atoms with Gasteiger partial charge in [-0.25, -0.2) is 5.43 Å². The lowest BCUT2D eigenvalue weighted by Gasteiger charge is -2.09. The summed E-state index contributed by atoms with van der Waals surface area (Å²) in [7, 11) is 1.61. The first kappa shape index (κ1) is 21.9. The zero-order valence-electron chi connectivity index (χ0n) is 18.9. The van der Waals surface area contributed by atoms with Gasteiger partial charge in [0.25, 0.3) is 5.91 Å². The highest BCUT2D eigenvalue weighted by molar-refractivity contribution is 6.00. The third-order valence-electron chi connectivity index (χ3n) is 5.41. The molecule has 7 nitrogen and oxygen atoms in total. The number of aromatic amines is 1. The van der Waals surface area contributed by atoms with E-state index in [2.05, 4.69) is 20.7 Å². The summed E-state index contributed by atoms with van der Waals surface area (Å²) >= 11 is 0. The Morgan fingerprint density at radius 1 is 0.914 bits per heavy atom. The Morgan fingerprint density at radius 2 is 1.71 bits per heavy atom. The molecule has 2 N–H and O–H groups in total. The van der Waals surface area contributed by atoms with Gasteiger partial charge in [-0.1, -0.05) is 60.7 Å². The summed E-state index contributed by atoms with van der Waals surface area (Å²) < 4.78 is 11.4. The Balaban J connectivity index is 1.30. The van der Waals surface area contributed by atoms with Crippen molar-refractivity contribution in [2.24, 2.45) is 5.10 Å². The molecule has 0 radical (unpaired) electrons. The van der Waals surface area contributed by atoms with Gasteiger partial charge in [-0.3, -0.25) is 9.89 Å². The maximum atomic E-state index is 12.7. The molecular weight excluding hydrogens is 440 g/mol. The Kier molecular flexibility index (Phi) is 6.21. The van der Waals surface area contributed by atoms with E-state index in [-0.39, 0.29) is 5.69 Å². The number of benzene rings is 4. The number of nitrogens with zero attached hydrogens (tertiary/aromatic N) is 2. The second-order valence-electron chi connectivity index (χ2n) is 7.72. The Labute approximate surface area is 202 Å². The minimum Gasteiger partial charge on any atom is -0.496 e. The Hall–Kier alpha value is -4.91. The molecule has 5 aromatic rings. The minimum absolute atomic E-state index is 0.285. The molecule has 0 aliphatic heterocycles. The van der Waals surface area contributed by atoms with E-state index < -0.39 is 5.91 Å². The summed E-state index contributed by atoms with van der Waals surface area (Å²) in [6.07, 6.45) is 1.56. The maximum absolute atomic E-state index is 12.7. The topological polar surface area (TPSA) is 88.6 Å². The molecule has 4 aromatic carbocycles. The molecule has 5 rings (SSSR count). The molecule has 1 amide bonds. The minimum atomic E-state index is -0.407. The van der Waals surface area contributed by atoms with Gasteiger partial charge in [-0.15, -0.1) is 0 Å². The number of aromatic nitrogens is 2. The van der Waals surface area contributed by atoms with Crippen LogP contribution in [0.1, 0.15) is 16.1 Å². The van der Waals surface area contributed by atoms with E-state index >= 15 is 0 Å². The quantitative estimate of drug-likeness (QED) is 0.237. The van der Waals surface area contributed by atoms with Gasteiger partial charge in [0.2, 0.25) is 0 Å². The molecule has 0 fully saturated rings. The number of hydrazone groups is 1. The zero-order chi connectivity index (χ0) is 24.0. The van der Waals surface area contributed by atoms with Crippen LogP contribution in [0.4, 0.5) is 0 Å². The second kappa shape index (κ2) is 9.93. The molecule has 0 saturated heterocycles. The number of amides is 1. The van der Waals surface area contributed by atoms with Gasteiger partial charge in [0.1, 0.15) is 22.9 Å². The number of rotatable bonds is 7. The van der Waals surface area contributed by atoms with Crippen molar-refractivity contribution in [3.8, 4) is 28.5 Å². The van der Waals surface area contributed by atoms with Crippen LogP contribution in [0.25, 0.3) is 22.0 Å². The Morgan fingerprint density at radius 3 is 2.57 bits per heavy atom. The molecule has 0 aliphatic rings. The highest BCUT2D eigenvalue weighted by atomic mass is 16.5. The smallest absolute Gasteiger partial charge is 0.289 e. The predicted molar refractivity (Wildman–Crippen MR) is 136 cm³/mol. The third-order valence-corrected chi connectivity index (χ3v) is 5.41. The molecule has 0 unspecified atom stereocenters. The van der Waals surface area contributed by atoms with Crippen molar-refractivity contribution in [3.63, 3.8) is 0 Å². The van der Waals surface area contributed by atoms with Crippen LogP contribution in [0.5, 0.6) is 17.2 Å². The zero-order valence-corrected chi connectivity index (χ0v) is 18.9. The van der Waals surface area contributed by atoms with E-state index in [1.54, 1.807) is 19.4 Å². The average Bonchev–Trinajstić information content (AvgIpc) is 3.39. The van der Waals surface area contributed by atoms with E-state index in [0.717, 1.165) is 27.6 Å². The van der Waals surface area contributed by atoms with Crippen LogP contribution in [0.15, 0.2) is 102 Å². The van der Waals surface area contributed by atoms with Crippen LogP contribution in [0.2, 0.25) is 0 Å². The van der Waals surface area contributed by atoms with Crippen molar-refractivity contribution in [1.82, 2.24) is 15.6 Å². The molecule has 1 aromatic heterocycles. The summed E-state index contributed by atoms with van der Waals surface area (Å²) in [5.74, 6) is 1.69. The summed E-state index contributed by atoms with van der Waals surface area (Å²) in [6.45, 7) is 0. The van der Waals surface area contributed by atoms with Gasteiger partial charge in [0, 0.05) is 0 Å². The number of para-hydroxylation sites is 1. The van der Waals surface area contributed by atoms with Gasteiger partial charge in [-0.2, -0.15) is 10.2 Å². The molecular formula is C28H22N4O3. The fraction of sp³-hybridized carbons (Fsp3) is 0.0357. The molecule has 0 bridgehead atoms. The van der Waals surface area contributed by atoms with E-state index in [4.69, 9.17) is 9.47 Å². The van der Waals surface area contributed by atoms with Crippen LogP contribution in [0.3, 0.4) is 0 Å². The monoisotopic (exact) mass is 462 g/mol. The number of hydrogen-bond donors (Lipinski definition) is 2. The van der Waals surface area contributed by atoms with Crippen LogP contribution in [-0.2, 0) is 0 Å². The molecule has 172 valence electrons. The van der Waals surface area contributed by atoms with Crippen molar-refractivity contribution >= 4 is 22.9 Å². The lowest BCUT2D eigenvalue weighted by molar-refractivity contribution is 0.0950. The standard InChI is InChI=1S/C28H22N4O3/c1-34-26-15-14-20-9-5-6-13-23(20)27(26)24-17-25(31-30-24)28(33)32-29-18-19-8-7-12-22(16-19)35-21-10-3-2-4-11-21/h2-18H,1H3,(H,30,31)(H,32,33).